The van der Waals surface area contributed by atoms with Gasteiger partial charge in [-0.25, -0.2) is 18.4 Å². The van der Waals surface area contributed by atoms with Crippen molar-refractivity contribution in [3.63, 3.8) is 0 Å². The average Bonchev–Trinajstić information content (AvgIpc) is 3.19. The SMILES string of the molecule is Cc1nc(NC2CCC(NCc3scc(S(=O)(=O)c4ccc(Cl)cc4)c3C)CC2)cc(N(C)C)n1. The van der Waals surface area contributed by atoms with Crippen LogP contribution in [-0.2, 0) is 16.4 Å². The molecule has 0 saturated heterocycles. The number of nitrogens with zero attached hydrogens (tertiary/aromatic N) is 3. The molecule has 0 radical (unpaired) electrons. The van der Waals surface area contributed by atoms with E-state index in [1.54, 1.807) is 29.6 Å². The van der Waals surface area contributed by atoms with Gasteiger partial charge in [-0.2, -0.15) is 0 Å². The van der Waals surface area contributed by atoms with Gasteiger partial charge in [0, 0.05) is 54.1 Å². The van der Waals surface area contributed by atoms with Crippen LogP contribution in [0, 0.1) is 13.8 Å². The number of sulfone groups is 1. The van der Waals surface area contributed by atoms with Gasteiger partial charge in [0.1, 0.15) is 17.5 Å². The lowest BCUT2D eigenvalue weighted by atomic mass is 9.91. The molecule has 0 bridgehead atoms. The Labute approximate surface area is 216 Å². The molecule has 35 heavy (non-hydrogen) atoms. The first-order valence-electron chi connectivity index (χ1n) is 11.7. The Hall–Kier alpha value is -2.20. The van der Waals surface area contributed by atoms with E-state index < -0.39 is 9.84 Å². The van der Waals surface area contributed by atoms with Gasteiger partial charge < -0.3 is 15.5 Å². The molecule has 2 aromatic heterocycles. The summed E-state index contributed by atoms with van der Waals surface area (Å²) in [5.74, 6) is 2.54. The number of halogens is 1. The molecular formula is C25H32ClN5O2S2. The first kappa shape index (κ1) is 25.9. The van der Waals surface area contributed by atoms with Crippen LogP contribution in [0.25, 0.3) is 0 Å². The molecule has 4 rings (SSSR count). The summed E-state index contributed by atoms with van der Waals surface area (Å²) in [5, 5.41) is 9.50. The molecule has 0 aliphatic heterocycles. The van der Waals surface area contributed by atoms with Gasteiger partial charge in [0.25, 0.3) is 0 Å². The van der Waals surface area contributed by atoms with E-state index in [0.29, 0.717) is 28.5 Å². The van der Waals surface area contributed by atoms with Crippen molar-refractivity contribution in [3.05, 3.63) is 57.0 Å². The zero-order valence-electron chi connectivity index (χ0n) is 20.5. The summed E-state index contributed by atoms with van der Waals surface area (Å²) < 4.78 is 26.2. The Morgan fingerprint density at radius 2 is 1.71 bits per heavy atom. The van der Waals surface area contributed by atoms with Crippen molar-refractivity contribution < 1.29 is 8.42 Å². The van der Waals surface area contributed by atoms with Gasteiger partial charge in [-0.3, -0.25) is 0 Å². The summed E-state index contributed by atoms with van der Waals surface area (Å²) in [6.45, 7) is 4.48. The van der Waals surface area contributed by atoms with Crippen LogP contribution < -0.4 is 15.5 Å². The van der Waals surface area contributed by atoms with Crippen LogP contribution in [0.2, 0.25) is 5.02 Å². The van der Waals surface area contributed by atoms with Crippen LogP contribution in [0.4, 0.5) is 11.6 Å². The van der Waals surface area contributed by atoms with E-state index in [4.69, 9.17) is 11.6 Å². The lowest BCUT2D eigenvalue weighted by molar-refractivity contribution is 0.353. The number of thiophene rings is 1. The molecule has 0 atom stereocenters. The number of hydrogen-bond acceptors (Lipinski definition) is 8. The molecule has 1 aliphatic rings. The molecule has 3 aromatic rings. The van der Waals surface area contributed by atoms with Crippen molar-refractivity contribution in [3.8, 4) is 0 Å². The van der Waals surface area contributed by atoms with Gasteiger partial charge in [0.2, 0.25) is 9.84 Å². The van der Waals surface area contributed by atoms with Crippen molar-refractivity contribution in [2.75, 3.05) is 24.3 Å². The third-order valence-electron chi connectivity index (χ3n) is 6.42. The van der Waals surface area contributed by atoms with Gasteiger partial charge in [-0.1, -0.05) is 11.6 Å². The second-order valence-corrected chi connectivity index (χ2v) is 12.6. The number of benzene rings is 1. The molecule has 2 N–H and O–H groups in total. The lowest BCUT2D eigenvalue weighted by Crippen LogP contribution is -2.36. The molecule has 10 heteroatoms. The third kappa shape index (κ3) is 6.14. The van der Waals surface area contributed by atoms with E-state index >= 15 is 0 Å². The number of hydrogen-bond donors (Lipinski definition) is 2. The van der Waals surface area contributed by atoms with Crippen molar-refractivity contribution in [2.45, 2.75) is 68.0 Å². The topological polar surface area (TPSA) is 87.2 Å². The summed E-state index contributed by atoms with van der Waals surface area (Å²) in [5.41, 5.74) is 0.823. The quantitative estimate of drug-likeness (QED) is 0.410. The van der Waals surface area contributed by atoms with Crippen molar-refractivity contribution in [1.82, 2.24) is 15.3 Å². The van der Waals surface area contributed by atoms with Crippen molar-refractivity contribution >= 4 is 44.4 Å². The summed E-state index contributed by atoms with van der Waals surface area (Å²) in [4.78, 5) is 12.7. The first-order valence-corrected chi connectivity index (χ1v) is 14.5. The fourth-order valence-corrected chi connectivity index (χ4v) is 7.36. The van der Waals surface area contributed by atoms with Gasteiger partial charge in [-0.15, -0.1) is 11.3 Å². The number of anilines is 2. The molecule has 0 spiro atoms. The standard InChI is InChI=1S/C25H32ClN5O2S2/c1-16-22(34-15-23(16)35(32,33)21-11-5-18(26)6-12-21)14-27-19-7-9-20(10-8-19)30-24-13-25(31(3)4)29-17(2)28-24/h5-6,11-13,15,19-20,27H,7-10,14H2,1-4H3,(H,28,29,30). The number of aryl methyl sites for hydroxylation is 1. The maximum Gasteiger partial charge on any atom is 0.207 e. The number of aromatic nitrogens is 2. The molecule has 188 valence electrons. The second-order valence-electron chi connectivity index (χ2n) is 9.23. The molecule has 1 fully saturated rings. The summed E-state index contributed by atoms with van der Waals surface area (Å²) in [6, 6.07) is 9.12. The largest absolute Gasteiger partial charge is 0.367 e. The number of nitrogens with one attached hydrogen (secondary N) is 2. The molecule has 1 aromatic carbocycles. The predicted molar refractivity (Wildman–Crippen MR) is 144 cm³/mol. The highest BCUT2D eigenvalue weighted by Gasteiger charge is 2.25. The monoisotopic (exact) mass is 533 g/mol. The van der Waals surface area contributed by atoms with Crippen molar-refractivity contribution in [1.29, 1.82) is 0 Å². The van der Waals surface area contributed by atoms with E-state index in [2.05, 4.69) is 20.6 Å². The van der Waals surface area contributed by atoms with Crippen molar-refractivity contribution in [2.24, 2.45) is 0 Å². The average molecular weight is 534 g/mol. The van der Waals surface area contributed by atoms with Crippen LogP contribution in [0.15, 0.2) is 45.5 Å². The van der Waals surface area contributed by atoms with Gasteiger partial charge in [0.15, 0.2) is 0 Å². The summed E-state index contributed by atoms with van der Waals surface area (Å²) >= 11 is 7.42. The Morgan fingerprint density at radius 3 is 2.37 bits per heavy atom. The van der Waals surface area contributed by atoms with Crippen LogP contribution in [0.1, 0.15) is 41.9 Å². The van der Waals surface area contributed by atoms with Crippen LogP contribution in [0.5, 0.6) is 0 Å². The minimum absolute atomic E-state index is 0.268. The van der Waals surface area contributed by atoms with Gasteiger partial charge >= 0.3 is 0 Å². The van der Waals surface area contributed by atoms with E-state index in [-0.39, 0.29) is 4.90 Å². The van der Waals surface area contributed by atoms with E-state index in [0.717, 1.165) is 53.6 Å². The predicted octanol–water partition coefficient (Wildman–Crippen LogP) is 5.22. The highest BCUT2D eigenvalue weighted by Crippen LogP contribution is 2.31. The summed E-state index contributed by atoms with van der Waals surface area (Å²) in [6.07, 6.45) is 4.22. The highest BCUT2D eigenvalue weighted by molar-refractivity contribution is 7.91. The van der Waals surface area contributed by atoms with Gasteiger partial charge in [0.05, 0.1) is 9.79 Å². The fourth-order valence-electron chi connectivity index (χ4n) is 4.36. The van der Waals surface area contributed by atoms with E-state index in [1.165, 1.54) is 11.3 Å². The Bertz CT molecular complexity index is 1270. The second kappa shape index (κ2) is 10.8. The minimum Gasteiger partial charge on any atom is -0.367 e. The third-order valence-corrected chi connectivity index (χ3v) is 9.81. The minimum atomic E-state index is -3.56. The van der Waals surface area contributed by atoms with Crippen LogP contribution >= 0.6 is 22.9 Å². The molecular weight excluding hydrogens is 502 g/mol. The zero-order chi connectivity index (χ0) is 25.2. The van der Waals surface area contributed by atoms with Crippen LogP contribution in [0.3, 0.4) is 0 Å². The highest BCUT2D eigenvalue weighted by atomic mass is 35.5. The smallest absolute Gasteiger partial charge is 0.207 e. The molecule has 2 heterocycles. The Balaban J connectivity index is 1.32. The molecule has 0 amide bonds. The lowest BCUT2D eigenvalue weighted by Gasteiger charge is -2.30. The maximum atomic E-state index is 13.1. The molecule has 0 unspecified atom stereocenters. The maximum absolute atomic E-state index is 13.1. The first-order chi connectivity index (χ1) is 16.6. The summed E-state index contributed by atoms with van der Waals surface area (Å²) in [7, 11) is 0.405. The molecule has 1 aliphatic carbocycles. The van der Waals surface area contributed by atoms with E-state index in [9.17, 15) is 8.42 Å². The van der Waals surface area contributed by atoms with Gasteiger partial charge in [-0.05, 0) is 69.4 Å². The molecule has 7 nitrogen and oxygen atoms in total. The Kier molecular flexibility index (Phi) is 8.00. The molecule has 1 saturated carbocycles. The van der Waals surface area contributed by atoms with E-state index in [1.807, 2.05) is 38.9 Å². The normalized spacial score (nSPS) is 18.4. The fraction of sp³-hybridized carbons (Fsp3) is 0.440. The zero-order valence-corrected chi connectivity index (χ0v) is 22.9. The van der Waals surface area contributed by atoms with Crippen LogP contribution in [-0.4, -0.2) is 44.6 Å². The number of rotatable bonds is 8. The Morgan fingerprint density at radius 1 is 1.06 bits per heavy atom.